The van der Waals surface area contributed by atoms with Crippen LogP contribution in [0, 0.1) is 16.0 Å². The summed E-state index contributed by atoms with van der Waals surface area (Å²) in [5.41, 5.74) is 0.198. The normalized spacial score (nSPS) is 8.70. The highest BCUT2D eigenvalue weighted by Crippen LogP contribution is 2.13. The van der Waals surface area contributed by atoms with Crippen LogP contribution in [-0.2, 0) is 0 Å². The van der Waals surface area contributed by atoms with Crippen molar-refractivity contribution in [3.05, 3.63) is 22.5 Å². The minimum atomic E-state index is -0.153. The summed E-state index contributed by atoms with van der Waals surface area (Å²) < 4.78 is 0.194. The van der Waals surface area contributed by atoms with Gasteiger partial charge in [-0.25, -0.2) is 0 Å². The molecule has 1 heterocycles. The molecule has 0 fully saturated rings. The van der Waals surface area contributed by atoms with E-state index in [1.54, 1.807) is 6.07 Å². The molecule has 1 aromatic heterocycles. The minimum absolute atomic E-state index is 0.153. The van der Waals surface area contributed by atoms with Gasteiger partial charge in [-0.3, -0.25) is 0 Å². The van der Waals surface area contributed by atoms with Crippen LogP contribution in [0.2, 0.25) is 0 Å². The number of hydrogen-bond donors (Lipinski definition) is 2. The van der Waals surface area contributed by atoms with E-state index >= 15 is 0 Å². The van der Waals surface area contributed by atoms with Crippen LogP contribution in [0.3, 0.4) is 0 Å². The van der Waals surface area contributed by atoms with E-state index in [2.05, 4.69) is 17.2 Å². The van der Waals surface area contributed by atoms with E-state index in [1.165, 1.54) is 12.3 Å². The smallest absolute Gasteiger partial charge is 0.168 e. The quantitative estimate of drug-likeness (QED) is 0.551. The van der Waals surface area contributed by atoms with Crippen molar-refractivity contribution in [2.75, 3.05) is 0 Å². The Balaban J connectivity index is 3.46. The van der Waals surface area contributed by atoms with Crippen molar-refractivity contribution in [2.24, 2.45) is 0 Å². The summed E-state index contributed by atoms with van der Waals surface area (Å²) >= 11 is 4.65. The van der Waals surface area contributed by atoms with E-state index in [4.69, 9.17) is 10.4 Å². The van der Waals surface area contributed by atoms with Gasteiger partial charge in [0.1, 0.15) is 10.7 Å². The van der Waals surface area contributed by atoms with Crippen molar-refractivity contribution in [3.8, 4) is 11.8 Å². The fraction of sp³-hybridized carbons (Fsp3) is 0. The summed E-state index contributed by atoms with van der Waals surface area (Å²) in [6.07, 6.45) is 1.51. The topological polar surface area (TPSA) is 59.8 Å². The van der Waals surface area contributed by atoms with E-state index < -0.39 is 0 Å². The average Bonchev–Trinajstić information content (AvgIpc) is 1.95. The minimum Gasteiger partial charge on any atom is -0.504 e. The second-order valence-electron chi connectivity index (χ2n) is 1.68. The molecule has 10 heavy (non-hydrogen) atoms. The zero-order chi connectivity index (χ0) is 7.56. The van der Waals surface area contributed by atoms with Crippen LogP contribution >= 0.6 is 12.2 Å². The maximum absolute atomic E-state index is 9.04. The average molecular weight is 152 g/mol. The number of hydrogen-bond acceptors (Lipinski definition) is 3. The van der Waals surface area contributed by atoms with Gasteiger partial charge in [0.05, 0.1) is 5.56 Å². The first-order valence-corrected chi connectivity index (χ1v) is 2.97. The number of aromatic nitrogens is 1. The third kappa shape index (κ3) is 0.993. The molecule has 0 spiro atoms. The first-order valence-electron chi connectivity index (χ1n) is 2.56. The Morgan fingerprint density at radius 1 is 1.70 bits per heavy atom. The summed E-state index contributed by atoms with van der Waals surface area (Å²) in [5, 5.41) is 17.4. The predicted molar refractivity (Wildman–Crippen MR) is 38.0 cm³/mol. The zero-order valence-corrected chi connectivity index (χ0v) is 5.77. The summed E-state index contributed by atoms with van der Waals surface area (Å²) in [6, 6.07) is 3.26. The Hall–Kier alpha value is -1.34. The SMILES string of the molecule is N#Cc1cc[nH]c(=S)c1O. The van der Waals surface area contributed by atoms with Gasteiger partial charge in [0, 0.05) is 6.20 Å². The molecule has 0 atom stereocenters. The number of nitriles is 1. The molecular weight excluding hydrogens is 148 g/mol. The number of nitrogens with zero attached hydrogens (tertiary/aromatic N) is 1. The van der Waals surface area contributed by atoms with Crippen molar-refractivity contribution < 1.29 is 5.11 Å². The lowest BCUT2D eigenvalue weighted by Gasteiger charge is -1.92. The van der Waals surface area contributed by atoms with E-state index in [9.17, 15) is 0 Å². The molecule has 0 saturated heterocycles. The highest BCUT2D eigenvalue weighted by molar-refractivity contribution is 7.71. The predicted octanol–water partition coefficient (Wildman–Crippen LogP) is 1.32. The number of pyridine rings is 1. The molecule has 4 heteroatoms. The van der Waals surface area contributed by atoms with Crippen LogP contribution in [0.4, 0.5) is 0 Å². The van der Waals surface area contributed by atoms with Gasteiger partial charge in [-0.05, 0) is 6.07 Å². The lowest BCUT2D eigenvalue weighted by atomic mass is 10.3. The summed E-state index contributed by atoms with van der Waals surface area (Å²) in [5.74, 6) is -0.153. The third-order valence-electron chi connectivity index (χ3n) is 1.06. The van der Waals surface area contributed by atoms with Crippen LogP contribution in [0.25, 0.3) is 0 Å². The molecule has 0 amide bonds. The van der Waals surface area contributed by atoms with Crippen LogP contribution in [-0.4, -0.2) is 10.1 Å². The Labute approximate surface area is 62.6 Å². The van der Waals surface area contributed by atoms with Crippen LogP contribution in [0.1, 0.15) is 5.56 Å². The standard InChI is InChI=1S/C6H4N2OS/c7-3-4-1-2-8-6(10)5(4)9/h1-2,9H,(H,8,10). The molecule has 3 nitrogen and oxygen atoms in total. The number of H-pyrrole nitrogens is 1. The van der Waals surface area contributed by atoms with Crippen molar-refractivity contribution in [2.45, 2.75) is 0 Å². The third-order valence-corrected chi connectivity index (χ3v) is 1.37. The van der Waals surface area contributed by atoms with Crippen molar-refractivity contribution in [1.29, 1.82) is 5.26 Å². The Kier molecular flexibility index (Phi) is 1.69. The van der Waals surface area contributed by atoms with Gasteiger partial charge in [0.2, 0.25) is 0 Å². The molecule has 0 radical (unpaired) electrons. The summed E-state index contributed by atoms with van der Waals surface area (Å²) in [4.78, 5) is 2.59. The molecule has 2 N–H and O–H groups in total. The van der Waals surface area contributed by atoms with Gasteiger partial charge >= 0.3 is 0 Å². The number of aromatic hydroxyl groups is 1. The molecule has 0 bridgehead atoms. The van der Waals surface area contributed by atoms with Gasteiger partial charge < -0.3 is 10.1 Å². The van der Waals surface area contributed by atoms with Gasteiger partial charge in [0.25, 0.3) is 0 Å². The van der Waals surface area contributed by atoms with Gasteiger partial charge in [-0.15, -0.1) is 0 Å². The first-order chi connectivity index (χ1) is 4.75. The maximum atomic E-state index is 9.04. The number of aromatic amines is 1. The largest absolute Gasteiger partial charge is 0.504 e. The molecule has 50 valence electrons. The lowest BCUT2D eigenvalue weighted by molar-refractivity contribution is 0.468. The maximum Gasteiger partial charge on any atom is 0.168 e. The zero-order valence-electron chi connectivity index (χ0n) is 4.96. The molecule has 0 aliphatic carbocycles. The van der Waals surface area contributed by atoms with E-state index in [0.29, 0.717) is 0 Å². The van der Waals surface area contributed by atoms with Crippen LogP contribution < -0.4 is 0 Å². The molecule has 0 aromatic carbocycles. The monoisotopic (exact) mass is 152 g/mol. The van der Waals surface area contributed by atoms with Crippen molar-refractivity contribution in [3.63, 3.8) is 0 Å². The van der Waals surface area contributed by atoms with E-state index in [1.807, 2.05) is 0 Å². The number of rotatable bonds is 0. The molecule has 0 unspecified atom stereocenters. The van der Waals surface area contributed by atoms with Crippen molar-refractivity contribution in [1.82, 2.24) is 4.98 Å². The van der Waals surface area contributed by atoms with E-state index in [-0.39, 0.29) is 16.0 Å². The second kappa shape index (κ2) is 2.50. The Morgan fingerprint density at radius 2 is 2.40 bits per heavy atom. The Morgan fingerprint density at radius 3 is 2.90 bits per heavy atom. The van der Waals surface area contributed by atoms with Gasteiger partial charge in [-0.2, -0.15) is 5.26 Å². The first kappa shape index (κ1) is 6.78. The highest BCUT2D eigenvalue weighted by Gasteiger charge is 1.98. The lowest BCUT2D eigenvalue weighted by Crippen LogP contribution is -1.79. The molecule has 1 rings (SSSR count). The summed E-state index contributed by atoms with van der Waals surface area (Å²) in [7, 11) is 0. The fourth-order valence-electron chi connectivity index (χ4n) is 0.561. The van der Waals surface area contributed by atoms with Gasteiger partial charge in [-0.1, -0.05) is 12.2 Å². The van der Waals surface area contributed by atoms with Crippen LogP contribution in [0.5, 0.6) is 5.75 Å². The number of nitrogens with one attached hydrogen (secondary N) is 1. The molecule has 0 saturated carbocycles. The molecule has 0 aliphatic rings. The second-order valence-corrected chi connectivity index (χ2v) is 2.09. The van der Waals surface area contributed by atoms with E-state index in [0.717, 1.165) is 0 Å². The van der Waals surface area contributed by atoms with Gasteiger partial charge in [0.15, 0.2) is 5.75 Å². The molecule has 0 aliphatic heterocycles. The van der Waals surface area contributed by atoms with Crippen LogP contribution in [0.15, 0.2) is 12.3 Å². The van der Waals surface area contributed by atoms with Crippen molar-refractivity contribution >= 4 is 12.2 Å². The Bertz CT molecular complexity index is 336. The molecule has 1 aromatic rings. The summed E-state index contributed by atoms with van der Waals surface area (Å²) in [6.45, 7) is 0. The fourth-order valence-corrected chi connectivity index (χ4v) is 0.739. The molecular formula is C6H4N2OS. The highest BCUT2D eigenvalue weighted by atomic mass is 32.1.